The molecule has 1 aromatic rings. The molecular formula is C7H7Br2N. The van der Waals surface area contributed by atoms with Crippen molar-refractivity contribution < 1.29 is 0 Å². The summed E-state index contributed by atoms with van der Waals surface area (Å²) in [4.78, 5) is 4.41. The van der Waals surface area contributed by atoms with Gasteiger partial charge in [0, 0.05) is 11.0 Å². The Kier molecular flexibility index (Phi) is 2.86. The van der Waals surface area contributed by atoms with Crippen LogP contribution in [0.15, 0.2) is 22.9 Å². The third-order valence-electron chi connectivity index (χ3n) is 1.21. The maximum atomic E-state index is 4.02. The first-order valence-electron chi connectivity index (χ1n) is 2.95. The molecule has 3 heteroatoms. The van der Waals surface area contributed by atoms with Gasteiger partial charge < -0.3 is 0 Å². The summed E-state index contributed by atoms with van der Waals surface area (Å²) in [5, 5.41) is 0. The van der Waals surface area contributed by atoms with Gasteiger partial charge in [0.2, 0.25) is 0 Å². The van der Waals surface area contributed by atoms with Crippen LogP contribution in [0, 0.1) is 0 Å². The number of nitrogens with zero attached hydrogens (tertiary/aromatic N) is 1. The van der Waals surface area contributed by atoms with Crippen LogP contribution >= 0.6 is 31.9 Å². The van der Waals surface area contributed by atoms with Crippen molar-refractivity contribution in [1.29, 1.82) is 0 Å². The minimum Gasteiger partial charge on any atom is -0.249 e. The molecule has 0 aliphatic rings. The first-order chi connectivity index (χ1) is 4.70. The average molecular weight is 265 g/mol. The van der Waals surface area contributed by atoms with Gasteiger partial charge in [-0.25, -0.2) is 4.98 Å². The Labute approximate surface area is 77.1 Å². The summed E-state index contributed by atoms with van der Waals surface area (Å²) in [7, 11) is 0. The largest absolute Gasteiger partial charge is 0.249 e. The number of halogens is 2. The molecule has 0 radical (unpaired) electrons. The number of hydrogen-bond acceptors (Lipinski definition) is 1. The van der Waals surface area contributed by atoms with Crippen LogP contribution in [0.3, 0.4) is 0 Å². The molecule has 0 saturated carbocycles. The van der Waals surface area contributed by atoms with Crippen LogP contribution in [0.1, 0.15) is 17.3 Å². The highest BCUT2D eigenvalue weighted by atomic mass is 79.9. The fourth-order valence-electron chi connectivity index (χ4n) is 0.665. The smallest absolute Gasteiger partial charge is 0.106 e. The lowest BCUT2D eigenvalue weighted by molar-refractivity contribution is 1.09. The van der Waals surface area contributed by atoms with E-state index in [2.05, 4.69) is 43.8 Å². The first kappa shape index (κ1) is 8.21. The van der Waals surface area contributed by atoms with Crippen LogP contribution in [0.5, 0.6) is 0 Å². The second-order valence-electron chi connectivity index (χ2n) is 2.03. The van der Waals surface area contributed by atoms with E-state index in [1.165, 1.54) is 5.56 Å². The van der Waals surface area contributed by atoms with E-state index in [-0.39, 0.29) is 0 Å². The van der Waals surface area contributed by atoms with Crippen molar-refractivity contribution in [2.24, 2.45) is 0 Å². The van der Waals surface area contributed by atoms with E-state index in [1.807, 2.05) is 12.1 Å². The van der Waals surface area contributed by atoms with Gasteiger partial charge in [0.05, 0.1) is 0 Å². The standard InChI is InChI=1S/C7H7Br2N/c1-5(8)6-2-3-10-7(9)4-6/h2-5H,1H3. The van der Waals surface area contributed by atoms with Crippen LogP contribution in [0.2, 0.25) is 0 Å². The zero-order valence-corrected chi connectivity index (χ0v) is 8.68. The molecule has 0 saturated heterocycles. The van der Waals surface area contributed by atoms with Crippen LogP contribution in [0.25, 0.3) is 0 Å². The third-order valence-corrected chi connectivity index (χ3v) is 2.17. The molecule has 1 aromatic heterocycles. The van der Waals surface area contributed by atoms with Crippen molar-refractivity contribution in [2.75, 3.05) is 0 Å². The highest BCUT2D eigenvalue weighted by Crippen LogP contribution is 2.22. The Morgan fingerprint density at radius 2 is 2.30 bits per heavy atom. The fourth-order valence-corrected chi connectivity index (χ4v) is 1.33. The number of rotatable bonds is 1. The Morgan fingerprint density at radius 1 is 1.60 bits per heavy atom. The van der Waals surface area contributed by atoms with Gasteiger partial charge >= 0.3 is 0 Å². The summed E-state index contributed by atoms with van der Waals surface area (Å²) in [5.41, 5.74) is 1.24. The van der Waals surface area contributed by atoms with E-state index in [1.54, 1.807) is 6.20 Å². The lowest BCUT2D eigenvalue weighted by Gasteiger charge is -2.01. The molecule has 0 N–H and O–H groups in total. The second kappa shape index (κ2) is 3.49. The highest BCUT2D eigenvalue weighted by molar-refractivity contribution is 9.10. The molecule has 0 bridgehead atoms. The molecule has 0 aromatic carbocycles. The molecule has 1 atom stereocenters. The van der Waals surface area contributed by atoms with E-state index in [4.69, 9.17) is 0 Å². The highest BCUT2D eigenvalue weighted by Gasteiger charge is 1.99. The Morgan fingerprint density at radius 3 is 2.70 bits per heavy atom. The summed E-state index contributed by atoms with van der Waals surface area (Å²) in [6, 6.07) is 3.99. The van der Waals surface area contributed by atoms with Gasteiger partial charge in [0.15, 0.2) is 0 Å². The van der Waals surface area contributed by atoms with Gasteiger partial charge in [0.1, 0.15) is 4.60 Å². The van der Waals surface area contributed by atoms with Crippen molar-refractivity contribution in [3.8, 4) is 0 Å². The molecule has 0 fully saturated rings. The molecule has 54 valence electrons. The van der Waals surface area contributed by atoms with Gasteiger partial charge in [-0.1, -0.05) is 15.9 Å². The molecule has 1 nitrogen and oxygen atoms in total. The predicted molar refractivity (Wildman–Crippen MR) is 49.3 cm³/mol. The maximum absolute atomic E-state index is 4.02. The molecule has 1 heterocycles. The molecular weight excluding hydrogens is 258 g/mol. The number of hydrogen-bond donors (Lipinski definition) is 0. The van der Waals surface area contributed by atoms with Crippen LogP contribution in [-0.4, -0.2) is 4.98 Å². The topological polar surface area (TPSA) is 12.9 Å². The van der Waals surface area contributed by atoms with Crippen LogP contribution < -0.4 is 0 Å². The molecule has 0 amide bonds. The molecule has 1 unspecified atom stereocenters. The second-order valence-corrected chi connectivity index (χ2v) is 4.21. The fraction of sp³-hybridized carbons (Fsp3) is 0.286. The van der Waals surface area contributed by atoms with Crippen molar-refractivity contribution in [2.45, 2.75) is 11.8 Å². The molecule has 1 rings (SSSR count). The zero-order valence-electron chi connectivity index (χ0n) is 5.51. The van der Waals surface area contributed by atoms with E-state index in [0.29, 0.717) is 4.83 Å². The van der Waals surface area contributed by atoms with Crippen LogP contribution in [-0.2, 0) is 0 Å². The summed E-state index contributed by atoms with van der Waals surface area (Å²) in [6.07, 6.45) is 1.79. The van der Waals surface area contributed by atoms with Crippen molar-refractivity contribution in [3.05, 3.63) is 28.5 Å². The monoisotopic (exact) mass is 263 g/mol. The number of pyridine rings is 1. The van der Waals surface area contributed by atoms with Crippen molar-refractivity contribution in [1.82, 2.24) is 4.98 Å². The Hall–Kier alpha value is 0.110. The molecule has 0 aliphatic carbocycles. The Balaban J connectivity index is 2.96. The summed E-state index contributed by atoms with van der Waals surface area (Å²) in [6.45, 7) is 2.09. The van der Waals surface area contributed by atoms with Gasteiger partial charge in [-0.05, 0) is 40.5 Å². The zero-order chi connectivity index (χ0) is 7.56. The molecule has 10 heavy (non-hydrogen) atoms. The van der Waals surface area contributed by atoms with Gasteiger partial charge in [-0.3, -0.25) is 0 Å². The number of aromatic nitrogens is 1. The Bertz CT molecular complexity index is 223. The lowest BCUT2D eigenvalue weighted by Crippen LogP contribution is -1.84. The summed E-state index contributed by atoms with van der Waals surface area (Å²) < 4.78 is 0.885. The van der Waals surface area contributed by atoms with E-state index in [9.17, 15) is 0 Å². The minimum absolute atomic E-state index is 0.395. The third kappa shape index (κ3) is 2.06. The predicted octanol–water partition coefficient (Wildman–Crippen LogP) is 3.30. The van der Waals surface area contributed by atoms with Crippen molar-refractivity contribution in [3.63, 3.8) is 0 Å². The maximum Gasteiger partial charge on any atom is 0.106 e. The normalized spacial score (nSPS) is 13.1. The lowest BCUT2D eigenvalue weighted by atomic mass is 10.2. The van der Waals surface area contributed by atoms with Gasteiger partial charge in [0.25, 0.3) is 0 Å². The van der Waals surface area contributed by atoms with E-state index < -0.39 is 0 Å². The first-order valence-corrected chi connectivity index (χ1v) is 4.66. The number of alkyl halides is 1. The summed E-state index contributed by atoms with van der Waals surface area (Å²) >= 11 is 6.77. The van der Waals surface area contributed by atoms with Crippen molar-refractivity contribution >= 4 is 31.9 Å². The molecule has 0 spiro atoms. The van der Waals surface area contributed by atoms with E-state index >= 15 is 0 Å². The van der Waals surface area contributed by atoms with E-state index in [0.717, 1.165) is 4.60 Å². The average Bonchev–Trinajstić information content (AvgIpc) is 1.88. The quantitative estimate of drug-likeness (QED) is 0.560. The SMILES string of the molecule is CC(Br)c1ccnc(Br)c1. The van der Waals surface area contributed by atoms with Gasteiger partial charge in [-0.2, -0.15) is 0 Å². The minimum atomic E-state index is 0.395. The van der Waals surface area contributed by atoms with Gasteiger partial charge in [-0.15, -0.1) is 0 Å². The van der Waals surface area contributed by atoms with Crippen LogP contribution in [0.4, 0.5) is 0 Å². The molecule has 0 aliphatic heterocycles. The summed E-state index contributed by atoms with van der Waals surface area (Å²) in [5.74, 6) is 0.